The maximum absolute atomic E-state index is 13.6. The quantitative estimate of drug-likeness (QED) is 0.626. The minimum Gasteiger partial charge on any atom is -0.362 e. The Labute approximate surface area is 115 Å². The zero-order chi connectivity index (χ0) is 14.7. The third-order valence-electron chi connectivity index (χ3n) is 3.42. The molecule has 1 saturated heterocycles. The van der Waals surface area contributed by atoms with Crippen molar-refractivity contribution in [1.82, 2.24) is 4.90 Å². The summed E-state index contributed by atoms with van der Waals surface area (Å²) < 4.78 is 13.6. The van der Waals surface area contributed by atoms with Crippen molar-refractivity contribution in [3.8, 4) is 0 Å². The Kier molecular flexibility index (Phi) is 4.16. The molecule has 1 aromatic carbocycles. The second kappa shape index (κ2) is 5.85. The Balaban J connectivity index is 2.17. The zero-order valence-electron chi connectivity index (χ0n) is 11.2. The largest absolute Gasteiger partial charge is 0.362 e. The fourth-order valence-corrected chi connectivity index (χ4v) is 2.36. The zero-order valence-corrected chi connectivity index (χ0v) is 11.2. The average molecular weight is 281 g/mol. The summed E-state index contributed by atoms with van der Waals surface area (Å²) in [5.41, 5.74) is -0.221. The summed E-state index contributed by atoms with van der Waals surface area (Å²) in [4.78, 5) is 25.3. The van der Waals surface area contributed by atoms with Gasteiger partial charge in [0.1, 0.15) is 5.69 Å². The summed E-state index contributed by atoms with van der Waals surface area (Å²) >= 11 is 0. The molecule has 0 aromatic heterocycles. The number of hydrogen-bond acceptors (Lipinski definition) is 4. The maximum Gasteiger partial charge on any atom is 0.327 e. The van der Waals surface area contributed by atoms with Gasteiger partial charge in [-0.15, -0.1) is 0 Å². The van der Waals surface area contributed by atoms with Crippen LogP contribution in [0.5, 0.6) is 0 Å². The van der Waals surface area contributed by atoms with E-state index in [0.29, 0.717) is 32.6 Å². The molecular weight excluding hydrogens is 265 g/mol. The summed E-state index contributed by atoms with van der Waals surface area (Å²) in [6, 6.07) is 4.08. The molecule has 1 amide bonds. The highest BCUT2D eigenvalue weighted by Gasteiger charge is 2.27. The number of nitro groups is 1. The molecule has 1 heterocycles. The number of rotatable bonds is 3. The highest BCUT2D eigenvalue weighted by molar-refractivity contribution is 5.76. The molecule has 0 spiro atoms. The van der Waals surface area contributed by atoms with Gasteiger partial charge in [-0.2, -0.15) is 4.39 Å². The van der Waals surface area contributed by atoms with Gasteiger partial charge in [0.25, 0.3) is 0 Å². The van der Waals surface area contributed by atoms with E-state index in [1.807, 2.05) is 0 Å². The van der Waals surface area contributed by atoms with E-state index in [2.05, 4.69) is 0 Å². The van der Waals surface area contributed by atoms with E-state index < -0.39 is 16.4 Å². The predicted molar refractivity (Wildman–Crippen MR) is 72.1 cm³/mol. The molecule has 0 N–H and O–H groups in total. The predicted octanol–water partition coefficient (Wildman–Crippen LogP) is 1.79. The molecule has 0 saturated carbocycles. The minimum atomic E-state index is -0.834. The van der Waals surface area contributed by atoms with E-state index in [1.165, 1.54) is 6.07 Å². The highest BCUT2D eigenvalue weighted by Crippen LogP contribution is 2.31. The number of hydrogen-bond donors (Lipinski definition) is 0. The third kappa shape index (κ3) is 2.71. The number of amides is 1. The Morgan fingerprint density at radius 2 is 2.00 bits per heavy atom. The van der Waals surface area contributed by atoms with E-state index in [4.69, 9.17) is 0 Å². The van der Waals surface area contributed by atoms with Crippen LogP contribution in [0.1, 0.15) is 13.3 Å². The molecule has 1 aliphatic heterocycles. The number of nitrogens with zero attached hydrogens (tertiary/aromatic N) is 3. The van der Waals surface area contributed by atoms with Crippen LogP contribution in [0.4, 0.5) is 15.8 Å². The average Bonchev–Trinajstić information content (AvgIpc) is 2.46. The molecule has 0 aliphatic carbocycles. The Morgan fingerprint density at radius 3 is 2.55 bits per heavy atom. The van der Waals surface area contributed by atoms with Gasteiger partial charge >= 0.3 is 5.69 Å². The lowest BCUT2D eigenvalue weighted by Crippen LogP contribution is -2.48. The maximum atomic E-state index is 13.6. The van der Waals surface area contributed by atoms with Crippen LogP contribution in [0.2, 0.25) is 0 Å². The Bertz CT molecular complexity index is 528. The number of nitro benzene ring substituents is 1. The Hall–Kier alpha value is -2.18. The molecule has 1 fully saturated rings. The first kappa shape index (κ1) is 14.2. The van der Waals surface area contributed by atoms with E-state index in [0.717, 1.165) is 6.07 Å². The molecule has 6 nitrogen and oxygen atoms in total. The van der Waals surface area contributed by atoms with Gasteiger partial charge in [-0.1, -0.05) is 13.0 Å². The van der Waals surface area contributed by atoms with Crippen molar-refractivity contribution in [1.29, 1.82) is 0 Å². The number of carbonyl (C=O) groups is 1. The topological polar surface area (TPSA) is 66.7 Å². The van der Waals surface area contributed by atoms with Crippen LogP contribution in [-0.2, 0) is 4.79 Å². The fourth-order valence-electron chi connectivity index (χ4n) is 2.36. The van der Waals surface area contributed by atoms with Gasteiger partial charge < -0.3 is 9.80 Å². The molecular formula is C13H16FN3O3. The molecule has 0 unspecified atom stereocenters. The lowest BCUT2D eigenvalue weighted by molar-refractivity contribution is -0.386. The normalized spacial score (nSPS) is 15.3. The lowest BCUT2D eigenvalue weighted by atomic mass is 10.2. The number of para-hydroxylation sites is 1. The van der Waals surface area contributed by atoms with Crippen LogP contribution in [0.25, 0.3) is 0 Å². The van der Waals surface area contributed by atoms with Crippen LogP contribution in [0.15, 0.2) is 18.2 Å². The second-order valence-electron chi connectivity index (χ2n) is 4.59. The number of anilines is 1. The number of halogens is 1. The minimum absolute atomic E-state index is 0.0680. The molecule has 0 atom stereocenters. The smallest absolute Gasteiger partial charge is 0.327 e. The fraction of sp³-hybridized carbons (Fsp3) is 0.462. The summed E-state index contributed by atoms with van der Waals surface area (Å²) in [5, 5.41) is 11.0. The molecule has 2 rings (SSSR count). The van der Waals surface area contributed by atoms with Crippen molar-refractivity contribution in [2.75, 3.05) is 31.1 Å². The molecule has 0 bridgehead atoms. The number of benzene rings is 1. The van der Waals surface area contributed by atoms with Gasteiger partial charge in [-0.3, -0.25) is 14.9 Å². The molecule has 20 heavy (non-hydrogen) atoms. The number of carbonyl (C=O) groups excluding carboxylic acids is 1. The van der Waals surface area contributed by atoms with Crippen LogP contribution in [-0.4, -0.2) is 41.9 Å². The summed E-state index contributed by atoms with van der Waals surface area (Å²) in [6.45, 7) is 3.73. The van der Waals surface area contributed by atoms with Gasteiger partial charge in [-0.25, -0.2) is 0 Å². The van der Waals surface area contributed by atoms with Gasteiger partial charge in [0.2, 0.25) is 11.7 Å². The van der Waals surface area contributed by atoms with Crippen LogP contribution >= 0.6 is 0 Å². The highest BCUT2D eigenvalue weighted by atomic mass is 19.1. The SMILES string of the molecule is CCC(=O)N1CCN(c2cccc(F)c2[N+](=O)[O-])CC1. The molecule has 1 aliphatic rings. The van der Waals surface area contributed by atoms with Crippen molar-refractivity contribution in [2.45, 2.75) is 13.3 Å². The Morgan fingerprint density at radius 1 is 1.35 bits per heavy atom. The van der Waals surface area contributed by atoms with Crippen LogP contribution < -0.4 is 4.90 Å². The van der Waals surface area contributed by atoms with Crippen molar-refractivity contribution in [3.63, 3.8) is 0 Å². The standard InChI is InChI=1S/C13H16FN3O3/c1-2-12(18)16-8-6-15(7-9-16)11-5-3-4-10(14)13(11)17(19)20/h3-5H,2,6-9H2,1H3. The second-order valence-corrected chi connectivity index (χ2v) is 4.59. The van der Waals surface area contributed by atoms with Crippen molar-refractivity contribution < 1.29 is 14.1 Å². The van der Waals surface area contributed by atoms with E-state index in [9.17, 15) is 19.3 Å². The van der Waals surface area contributed by atoms with Gasteiger partial charge in [-0.05, 0) is 12.1 Å². The summed E-state index contributed by atoms with van der Waals surface area (Å²) in [6.07, 6.45) is 0.445. The third-order valence-corrected chi connectivity index (χ3v) is 3.42. The molecule has 1 aromatic rings. The summed E-state index contributed by atoms with van der Waals surface area (Å²) in [5.74, 6) is -0.766. The van der Waals surface area contributed by atoms with Crippen LogP contribution in [0, 0.1) is 15.9 Å². The molecule has 108 valence electrons. The first-order valence-corrected chi connectivity index (χ1v) is 6.50. The first-order chi connectivity index (χ1) is 9.54. The van der Waals surface area contributed by atoms with E-state index >= 15 is 0 Å². The van der Waals surface area contributed by atoms with Gasteiger partial charge in [0, 0.05) is 32.6 Å². The van der Waals surface area contributed by atoms with Crippen molar-refractivity contribution >= 4 is 17.3 Å². The van der Waals surface area contributed by atoms with E-state index in [1.54, 1.807) is 22.8 Å². The lowest BCUT2D eigenvalue weighted by Gasteiger charge is -2.35. The van der Waals surface area contributed by atoms with Gasteiger partial charge in [0.05, 0.1) is 4.92 Å². The first-order valence-electron chi connectivity index (χ1n) is 6.50. The van der Waals surface area contributed by atoms with Gasteiger partial charge in [0.15, 0.2) is 0 Å². The monoisotopic (exact) mass is 281 g/mol. The summed E-state index contributed by atoms with van der Waals surface area (Å²) in [7, 11) is 0. The number of piperazine rings is 1. The molecule has 0 radical (unpaired) electrons. The van der Waals surface area contributed by atoms with Crippen molar-refractivity contribution in [2.24, 2.45) is 0 Å². The van der Waals surface area contributed by atoms with Crippen LogP contribution in [0.3, 0.4) is 0 Å². The molecule has 7 heteroatoms. The van der Waals surface area contributed by atoms with Crippen molar-refractivity contribution in [3.05, 3.63) is 34.1 Å². The van der Waals surface area contributed by atoms with E-state index in [-0.39, 0.29) is 11.6 Å².